The Kier molecular flexibility index (Phi) is 5.41. The number of alkyl halides is 9. The van der Waals surface area contributed by atoms with Crippen LogP contribution in [-0.4, -0.2) is 22.4 Å². The van der Waals surface area contributed by atoms with Crippen molar-refractivity contribution < 1.29 is 49.0 Å². The van der Waals surface area contributed by atoms with Crippen LogP contribution in [0.15, 0.2) is 24.4 Å². The first-order valence-electron chi connectivity index (χ1n) is 7.28. The van der Waals surface area contributed by atoms with Crippen molar-refractivity contribution in [2.45, 2.75) is 25.5 Å². The number of hydrogen-bond donors (Lipinski definition) is 0. The van der Waals surface area contributed by atoms with Crippen molar-refractivity contribution in [2.75, 3.05) is 6.61 Å². The lowest BCUT2D eigenvalue weighted by atomic mass is 10.1. The highest BCUT2D eigenvalue weighted by Gasteiger charge is 2.42. The van der Waals surface area contributed by atoms with E-state index in [9.17, 15) is 44.3 Å². The van der Waals surface area contributed by atoms with Gasteiger partial charge in [0.05, 0.1) is 29.6 Å². The van der Waals surface area contributed by atoms with Gasteiger partial charge in [0, 0.05) is 0 Å². The summed E-state index contributed by atoms with van der Waals surface area (Å²) in [7, 11) is 0. The van der Waals surface area contributed by atoms with E-state index in [2.05, 4.69) is 9.84 Å². The number of ether oxygens (including phenoxy) is 1. The molecule has 0 aliphatic rings. The maximum Gasteiger partial charge on any atom is 0.434 e. The van der Waals surface area contributed by atoms with Crippen LogP contribution in [0, 0.1) is 0 Å². The second-order valence-corrected chi connectivity index (χ2v) is 5.30. The van der Waals surface area contributed by atoms with Crippen molar-refractivity contribution in [1.29, 1.82) is 0 Å². The van der Waals surface area contributed by atoms with Crippen molar-refractivity contribution >= 4 is 5.97 Å². The fourth-order valence-electron chi connectivity index (χ4n) is 2.24. The van der Waals surface area contributed by atoms with Gasteiger partial charge in [-0.3, -0.25) is 0 Å². The first-order valence-corrected chi connectivity index (χ1v) is 7.28. The Hall–Kier alpha value is -2.73. The molecule has 2 rings (SSSR count). The minimum Gasteiger partial charge on any atom is -0.462 e. The highest BCUT2D eigenvalue weighted by molar-refractivity contribution is 5.90. The summed E-state index contributed by atoms with van der Waals surface area (Å²) in [5, 5.41) is 3.16. The molecule has 0 atom stereocenters. The van der Waals surface area contributed by atoms with Crippen LogP contribution in [0.5, 0.6) is 0 Å². The minimum absolute atomic E-state index is 0.0619. The van der Waals surface area contributed by atoms with Crippen molar-refractivity contribution in [2.24, 2.45) is 0 Å². The Morgan fingerprint density at radius 2 is 1.43 bits per heavy atom. The number of carbonyl (C=O) groups is 1. The molecule has 1 aromatic carbocycles. The summed E-state index contributed by atoms with van der Waals surface area (Å²) in [6.07, 6.45) is -15.5. The Balaban J connectivity index is 2.79. The topological polar surface area (TPSA) is 44.1 Å². The molecule has 0 aliphatic heterocycles. The van der Waals surface area contributed by atoms with Gasteiger partial charge in [-0.25, -0.2) is 9.48 Å². The van der Waals surface area contributed by atoms with E-state index in [4.69, 9.17) is 0 Å². The standard InChI is InChI=1S/C15H9F9N2O2/c1-2-28-12(27)10-6-25-26(11(10)15(22,23)24)9-4-7(13(16,17)18)3-8(5-9)14(19,20)21/h3-6H,2H2,1H3. The van der Waals surface area contributed by atoms with E-state index >= 15 is 0 Å². The number of rotatable bonds is 3. The number of nitrogens with zero attached hydrogens (tertiary/aromatic N) is 2. The fourth-order valence-corrected chi connectivity index (χ4v) is 2.24. The molecule has 0 radical (unpaired) electrons. The molecule has 0 N–H and O–H groups in total. The van der Waals surface area contributed by atoms with E-state index in [1.54, 1.807) is 0 Å². The molecule has 4 nitrogen and oxygen atoms in total. The van der Waals surface area contributed by atoms with Crippen LogP contribution >= 0.6 is 0 Å². The van der Waals surface area contributed by atoms with Gasteiger partial charge in [-0.1, -0.05) is 0 Å². The maximum absolute atomic E-state index is 13.4. The Morgan fingerprint density at radius 1 is 0.929 bits per heavy atom. The van der Waals surface area contributed by atoms with Crippen LogP contribution in [0.2, 0.25) is 0 Å². The second kappa shape index (κ2) is 7.02. The van der Waals surface area contributed by atoms with Gasteiger partial charge in [0.25, 0.3) is 0 Å². The molecule has 1 aromatic heterocycles. The summed E-state index contributed by atoms with van der Waals surface area (Å²) < 4.78 is 122. The van der Waals surface area contributed by atoms with Crippen molar-refractivity contribution in [1.82, 2.24) is 9.78 Å². The Labute approximate surface area is 150 Å². The lowest BCUT2D eigenvalue weighted by molar-refractivity contribution is -0.143. The molecule has 0 aliphatic carbocycles. The number of aromatic nitrogens is 2. The van der Waals surface area contributed by atoms with Crippen molar-refractivity contribution in [3.63, 3.8) is 0 Å². The number of benzene rings is 1. The quantitative estimate of drug-likeness (QED) is 0.513. The highest BCUT2D eigenvalue weighted by Crippen LogP contribution is 2.39. The van der Waals surface area contributed by atoms with E-state index in [1.807, 2.05) is 0 Å². The summed E-state index contributed by atoms with van der Waals surface area (Å²) in [6.45, 7) is 0.973. The molecule has 13 heteroatoms. The molecular weight excluding hydrogens is 411 g/mol. The van der Waals surface area contributed by atoms with Gasteiger partial charge in [-0.2, -0.15) is 44.6 Å². The zero-order chi connectivity index (χ0) is 21.5. The lowest BCUT2D eigenvalue weighted by Crippen LogP contribution is -2.19. The number of carbonyl (C=O) groups excluding carboxylic acids is 1. The first-order chi connectivity index (χ1) is 12.7. The highest BCUT2D eigenvalue weighted by atomic mass is 19.4. The molecule has 28 heavy (non-hydrogen) atoms. The summed E-state index contributed by atoms with van der Waals surface area (Å²) >= 11 is 0. The van der Waals surface area contributed by atoms with E-state index in [0.29, 0.717) is 6.20 Å². The predicted molar refractivity (Wildman–Crippen MR) is 74.5 cm³/mol. The van der Waals surface area contributed by atoms with Crippen LogP contribution in [-0.2, 0) is 23.3 Å². The number of hydrogen-bond acceptors (Lipinski definition) is 3. The third-order valence-electron chi connectivity index (χ3n) is 3.35. The minimum atomic E-state index is -5.33. The molecule has 0 saturated carbocycles. The van der Waals surface area contributed by atoms with Gasteiger partial charge in [0.1, 0.15) is 5.56 Å². The monoisotopic (exact) mass is 420 g/mol. The van der Waals surface area contributed by atoms with Crippen LogP contribution in [0.25, 0.3) is 5.69 Å². The first kappa shape index (κ1) is 21.6. The molecule has 1 heterocycles. The molecule has 2 aromatic rings. The van der Waals surface area contributed by atoms with Crippen molar-refractivity contribution in [3.8, 4) is 5.69 Å². The van der Waals surface area contributed by atoms with Crippen LogP contribution < -0.4 is 0 Å². The molecule has 154 valence electrons. The zero-order valence-corrected chi connectivity index (χ0v) is 13.6. The number of halogens is 9. The molecule has 0 bridgehead atoms. The normalized spacial score (nSPS) is 12.9. The van der Waals surface area contributed by atoms with Gasteiger partial charge in [-0.05, 0) is 25.1 Å². The molecule has 0 amide bonds. The third-order valence-corrected chi connectivity index (χ3v) is 3.35. The van der Waals surface area contributed by atoms with Crippen LogP contribution in [0.4, 0.5) is 39.5 Å². The Morgan fingerprint density at radius 3 is 1.82 bits per heavy atom. The molecule has 0 unspecified atom stereocenters. The maximum atomic E-state index is 13.4. The van der Waals surface area contributed by atoms with Crippen molar-refractivity contribution in [3.05, 3.63) is 46.8 Å². The van der Waals surface area contributed by atoms with Gasteiger partial charge in [0.15, 0.2) is 5.69 Å². The van der Waals surface area contributed by atoms with Gasteiger partial charge < -0.3 is 4.74 Å². The van der Waals surface area contributed by atoms with E-state index in [0.717, 1.165) is 0 Å². The van der Waals surface area contributed by atoms with E-state index in [1.165, 1.54) is 6.92 Å². The average molecular weight is 420 g/mol. The summed E-state index contributed by atoms with van der Waals surface area (Å²) in [5.74, 6) is -1.48. The summed E-state index contributed by atoms with van der Waals surface area (Å²) in [5.41, 5.74) is -7.86. The van der Waals surface area contributed by atoms with Gasteiger partial charge >= 0.3 is 24.5 Å². The average Bonchev–Trinajstić information content (AvgIpc) is 2.98. The summed E-state index contributed by atoms with van der Waals surface area (Å²) in [4.78, 5) is 11.7. The SMILES string of the molecule is CCOC(=O)c1cnn(-c2cc(C(F)(F)F)cc(C(F)(F)F)c2)c1C(F)(F)F. The lowest BCUT2D eigenvalue weighted by Gasteiger charge is -2.16. The predicted octanol–water partition coefficient (Wildman–Crippen LogP) is 5.11. The molecule has 0 fully saturated rings. The Bertz CT molecular complexity index is 847. The molecule has 0 saturated heterocycles. The molecular formula is C15H9F9N2O2. The van der Waals surface area contributed by atoms with E-state index in [-0.39, 0.29) is 29.5 Å². The van der Waals surface area contributed by atoms with Crippen LogP contribution in [0.3, 0.4) is 0 Å². The fraction of sp³-hybridized carbons (Fsp3) is 0.333. The van der Waals surface area contributed by atoms with Gasteiger partial charge in [0.2, 0.25) is 0 Å². The zero-order valence-electron chi connectivity index (χ0n) is 13.6. The largest absolute Gasteiger partial charge is 0.462 e. The van der Waals surface area contributed by atoms with Gasteiger partial charge in [-0.15, -0.1) is 0 Å². The van der Waals surface area contributed by atoms with E-state index < -0.39 is 52.6 Å². The summed E-state index contributed by atoms with van der Waals surface area (Å²) in [6, 6.07) is -0.120. The number of esters is 1. The third kappa shape index (κ3) is 4.39. The second-order valence-electron chi connectivity index (χ2n) is 5.30. The smallest absolute Gasteiger partial charge is 0.434 e. The molecule has 0 spiro atoms. The van der Waals surface area contributed by atoms with Crippen LogP contribution in [0.1, 0.15) is 34.1 Å².